The number of sulfone groups is 1. The van der Waals surface area contributed by atoms with Crippen LogP contribution in [0.1, 0.15) is 45.8 Å². The van der Waals surface area contributed by atoms with Gasteiger partial charge in [-0.25, -0.2) is 13.4 Å². The van der Waals surface area contributed by atoms with Crippen LogP contribution < -0.4 is 9.47 Å². The number of carboxylic acid groups (broad SMARTS) is 1. The maximum atomic E-state index is 11.4. The molecule has 38 heavy (non-hydrogen) atoms. The second-order valence-corrected chi connectivity index (χ2v) is 12.8. The van der Waals surface area contributed by atoms with Gasteiger partial charge in [0, 0.05) is 29.5 Å². The highest BCUT2D eigenvalue weighted by molar-refractivity contribution is 7.90. The van der Waals surface area contributed by atoms with E-state index in [1.54, 1.807) is 0 Å². The summed E-state index contributed by atoms with van der Waals surface area (Å²) in [5.41, 5.74) is 8.59. The van der Waals surface area contributed by atoms with Crippen LogP contribution in [0.5, 0.6) is 11.6 Å². The van der Waals surface area contributed by atoms with Crippen molar-refractivity contribution in [2.24, 2.45) is 11.8 Å². The summed E-state index contributed by atoms with van der Waals surface area (Å²) in [5.74, 6) is 0.886. The van der Waals surface area contributed by atoms with Crippen LogP contribution in [0.4, 0.5) is 0 Å². The quantitative estimate of drug-likeness (QED) is 0.363. The maximum Gasteiger partial charge on any atom is 0.307 e. The Morgan fingerprint density at radius 2 is 1.89 bits per heavy atom. The third-order valence-electron chi connectivity index (χ3n) is 7.78. The Labute approximate surface area is 223 Å². The summed E-state index contributed by atoms with van der Waals surface area (Å²) in [6.07, 6.45) is 2.46. The number of aryl methyl sites for hydroxylation is 2. The molecule has 2 aliphatic rings. The highest BCUT2D eigenvalue weighted by Gasteiger charge is 2.59. The molecule has 0 aliphatic heterocycles. The summed E-state index contributed by atoms with van der Waals surface area (Å²) >= 11 is 0. The molecule has 1 aromatic heterocycles. The van der Waals surface area contributed by atoms with Gasteiger partial charge in [0.15, 0.2) is 0 Å². The van der Waals surface area contributed by atoms with Gasteiger partial charge in [0.2, 0.25) is 5.88 Å². The number of rotatable bonds is 10. The number of pyridine rings is 1. The number of hydrogen-bond donors (Lipinski definition) is 1. The minimum Gasteiger partial charge on any atom is -0.489 e. The number of carboxylic acids is 1. The summed E-state index contributed by atoms with van der Waals surface area (Å²) in [4.78, 5) is 16.0. The molecular formula is C30H33NO6S. The van der Waals surface area contributed by atoms with Gasteiger partial charge in [-0.1, -0.05) is 24.3 Å². The topological polar surface area (TPSA) is 103 Å². The number of hydrogen-bond acceptors (Lipinski definition) is 6. The van der Waals surface area contributed by atoms with Crippen molar-refractivity contribution < 1.29 is 27.8 Å². The van der Waals surface area contributed by atoms with Crippen LogP contribution >= 0.6 is 0 Å². The van der Waals surface area contributed by atoms with Crippen LogP contribution in [-0.4, -0.2) is 43.1 Å². The zero-order valence-electron chi connectivity index (χ0n) is 22.2. The molecular weight excluding hydrogens is 502 g/mol. The van der Waals surface area contributed by atoms with Crippen molar-refractivity contribution in [3.05, 3.63) is 76.0 Å². The van der Waals surface area contributed by atoms with E-state index < -0.39 is 15.8 Å². The van der Waals surface area contributed by atoms with Gasteiger partial charge in [-0.15, -0.1) is 0 Å². The highest BCUT2D eigenvalue weighted by atomic mass is 32.2. The molecule has 7 nitrogen and oxygen atoms in total. The van der Waals surface area contributed by atoms with Crippen molar-refractivity contribution in [2.75, 3.05) is 18.6 Å². The fourth-order valence-electron chi connectivity index (χ4n) is 5.86. The molecule has 0 saturated heterocycles. The summed E-state index contributed by atoms with van der Waals surface area (Å²) in [7, 11) is -3.01. The van der Waals surface area contributed by atoms with E-state index in [9.17, 15) is 18.3 Å². The Balaban J connectivity index is 1.27. The second-order valence-electron chi connectivity index (χ2n) is 10.6. The third kappa shape index (κ3) is 5.27. The summed E-state index contributed by atoms with van der Waals surface area (Å²) in [6, 6.07) is 14.1. The zero-order valence-corrected chi connectivity index (χ0v) is 23.0. The van der Waals surface area contributed by atoms with Crippen molar-refractivity contribution in [1.82, 2.24) is 4.98 Å². The molecule has 0 radical (unpaired) electrons. The molecule has 8 heteroatoms. The molecule has 0 bridgehead atoms. The van der Waals surface area contributed by atoms with E-state index in [1.165, 1.54) is 11.8 Å². The lowest BCUT2D eigenvalue weighted by atomic mass is 9.93. The molecule has 0 unspecified atom stereocenters. The monoisotopic (exact) mass is 535 g/mol. The SMILES string of the molecule is Cc1cc(OCCCS(C)(=O)=O)nc(C)c1-c1cccc(COc2ccc3c(c2)C[C@H]2[C@H](C(=O)O)[C@@H]32)c1C. The Morgan fingerprint density at radius 3 is 2.61 bits per heavy atom. The fraction of sp³-hybridized carbons (Fsp3) is 0.400. The second kappa shape index (κ2) is 10.1. The van der Waals surface area contributed by atoms with Crippen molar-refractivity contribution >= 4 is 15.8 Å². The lowest BCUT2D eigenvalue weighted by Gasteiger charge is -2.17. The normalized spacial score (nSPS) is 19.5. The maximum absolute atomic E-state index is 11.4. The van der Waals surface area contributed by atoms with E-state index in [-0.39, 0.29) is 23.5 Å². The lowest BCUT2D eigenvalue weighted by Crippen LogP contribution is -2.09. The summed E-state index contributed by atoms with van der Waals surface area (Å²) < 4.78 is 34.6. The predicted molar refractivity (Wildman–Crippen MR) is 146 cm³/mol. The Hall–Kier alpha value is -3.39. The van der Waals surface area contributed by atoms with Crippen LogP contribution in [-0.2, 0) is 27.7 Å². The van der Waals surface area contributed by atoms with Gasteiger partial charge >= 0.3 is 5.97 Å². The number of carbonyl (C=O) groups is 1. The molecule has 1 N–H and O–H groups in total. The first kappa shape index (κ1) is 26.2. The summed E-state index contributed by atoms with van der Waals surface area (Å²) in [6.45, 7) is 6.80. The van der Waals surface area contributed by atoms with Crippen molar-refractivity contribution in [1.29, 1.82) is 0 Å². The molecule has 0 amide bonds. The van der Waals surface area contributed by atoms with Crippen molar-refractivity contribution in [2.45, 2.75) is 46.1 Å². The number of aliphatic carboxylic acids is 1. The third-order valence-corrected chi connectivity index (χ3v) is 8.81. The van der Waals surface area contributed by atoms with Gasteiger partial charge in [0.1, 0.15) is 22.2 Å². The van der Waals surface area contributed by atoms with Crippen LogP contribution in [0.25, 0.3) is 11.1 Å². The van der Waals surface area contributed by atoms with E-state index in [0.717, 1.165) is 51.2 Å². The zero-order chi connectivity index (χ0) is 27.2. The first-order valence-electron chi connectivity index (χ1n) is 12.9. The number of ether oxygens (including phenoxy) is 2. The van der Waals surface area contributed by atoms with Crippen molar-refractivity contribution in [3.8, 4) is 22.8 Å². The minimum absolute atomic E-state index is 0.0921. The fourth-order valence-corrected chi connectivity index (χ4v) is 6.51. The van der Waals surface area contributed by atoms with Gasteiger partial charge < -0.3 is 14.6 Å². The average Bonchev–Trinajstić information content (AvgIpc) is 3.43. The Morgan fingerprint density at radius 1 is 1.11 bits per heavy atom. The van der Waals surface area contributed by atoms with E-state index in [1.807, 2.05) is 38.1 Å². The molecule has 2 aromatic carbocycles. The molecule has 3 atom stereocenters. The molecule has 3 aromatic rings. The number of aromatic nitrogens is 1. The van der Waals surface area contributed by atoms with Gasteiger partial charge in [-0.05, 0) is 85.0 Å². The Bertz CT molecular complexity index is 1490. The van der Waals surface area contributed by atoms with E-state index in [4.69, 9.17) is 9.47 Å². The average molecular weight is 536 g/mol. The number of nitrogens with zero attached hydrogens (tertiary/aromatic N) is 1. The lowest BCUT2D eigenvalue weighted by molar-refractivity contribution is -0.139. The molecule has 2 aliphatic carbocycles. The minimum atomic E-state index is -3.01. The highest BCUT2D eigenvalue weighted by Crippen LogP contribution is 2.61. The predicted octanol–water partition coefficient (Wildman–Crippen LogP) is 5.04. The van der Waals surface area contributed by atoms with Crippen LogP contribution in [0.2, 0.25) is 0 Å². The molecule has 5 rings (SSSR count). The van der Waals surface area contributed by atoms with Gasteiger partial charge in [-0.2, -0.15) is 0 Å². The number of benzene rings is 2. The van der Waals surface area contributed by atoms with Crippen LogP contribution in [0, 0.1) is 32.6 Å². The van der Waals surface area contributed by atoms with Crippen LogP contribution in [0.15, 0.2) is 42.5 Å². The largest absolute Gasteiger partial charge is 0.489 e. The van der Waals surface area contributed by atoms with Gasteiger partial charge in [-0.3, -0.25) is 4.79 Å². The Kier molecular flexibility index (Phi) is 6.94. The molecule has 1 fully saturated rings. The van der Waals surface area contributed by atoms with Crippen molar-refractivity contribution in [3.63, 3.8) is 0 Å². The first-order valence-corrected chi connectivity index (χ1v) is 15.0. The first-order chi connectivity index (χ1) is 18.0. The number of fused-ring (bicyclic) bond motifs is 3. The van der Waals surface area contributed by atoms with Gasteiger partial charge in [0.05, 0.1) is 18.3 Å². The van der Waals surface area contributed by atoms with E-state index >= 15 is 0 Å². The standard InChI is InChI=1S/C30H33NO6S/c1-17-13-26(36-11-6-12-38(4,34)35)31-19(3)27(17)23-8-5-7-20(18(23)2)16-37-22-9-10-24-21(14-22)15-25-28(24)29(25)30(32)33/h5,7-10,13-14,25,28-29H,6,11-12,15-16H2,1-4H3,(H,32,33)/t25-,28+,29+/m1/s1. The molecule has 1 heterocycles. The molecule has 1 saturated carbocycles. The smallest absolute Gasteiger partial charge is 0.307 e. The summed E-state index contributed by atoms with van der Waals surface area (Å²) in [5, 5.41) is 9.34. The van der Waals surface area contributed by atoms with E-state index in [2.05, 4.69) is 30.1 Å². The molecule has 0 spiro atoms. The van der Waals surface area contributed by atoms with E-state index in [0.29, 0.717) is 25.5 Å². The van der Waals surface area contributed by atoms with Gasteiger partial charge in [0.25, 0.3) is 0 Å². The molecule has 200 valence electrons. The van der Waals surface area contributed by atoms with Crippen LogP contribution in [0.3, 0.4) is 0 Å².